The van der Waals surface area contributed by atoms with Gasteiger partial charge in [-0.1, -0.05) is 43.0 Å². The van der Waals surface area contributed by atoms with Crippen LogP contribution in [0.2, 0.25) is 0 Å². The van der Waals surface area contributed by atoms with E-state index < -0.39 is 35.4 Å². The summed E-state index contributed by atoms with van der Waals surface area (Å²) in [5, 5.41) is 11.8. The highest BCUT2D eigenvalue weighted by Crippen LogP contribution is 2.33. The molecule has 0 bridgehead atoms. The zero-order chi connectivity index (χ0) is 33.1. The number of hydrogen-bond donors (Lipinski definition) is 3. The molecule has 3 fully saturated rings. The third-order valence-electron chi connectivity index (χ3n) is 8.52. The minimum atomic E-state index is -0.984. The maximum Gasteiger partial charge on any atom is 0.290 e. The van der Waals surface area contributed by atoms with E-state index >= 15 is 0 Å². The van der Waals surface area contributed by atoms with Gasteiger partial charge in [-0.15, -0.1) is 0 Å². The highest BCUT2D eigenvalue weighted by molar-refractivity contribution is 5.98. The lowest BCUT2D eigenvalue weighted by Gasteiger charge is -2.26. The smallest absolute Gasteiger partial charge is 0.290 e. The standard InChI is InChI=1S/C28H36N4O7.C5H11NO.3H2/c1-17-12-23(39-32-17)27(36)29-15-24(33)30-22(14-19-8-10-20(37-3)11-9-19)26(35)31-21(13-18-6-4-5-7-18)25(34)28(2)16-38-28;1-6-2-4-7-5-3-6;;;/h8-12,18,21-22H,4-7,13-16H2,1-3H3,(H,29,36)(H,30,33)(H,31,35);2-5H2,1H3;3*1H/t21-,22-,28+;;;;/m0..../s1. The highest BCUT2D eigenvalue weighted by atomic mass is 16.6. The monoisotopic (exact) mass is 647 g/mol. The summed E-state index contributed by atoms with van der Waals surface area (Å²) in [5.74, 6) is -0.785. The summed E-state index contributed by atoms with van der Waals surface area (Å²) < 4.78 is 20.6. The Morgan fingerprint density at radius 1 is 1.09 bits per heavy atom. The van der Waals surface area contributed by atoms with Gasteiger partial charge in [0, 0.05) is 29.9 Å². The quantitative estimate of drug-likeness (QED) is 0.275. The van der Waals surface area contributed by atoms with Crippen molar-refractivity contribution < 1.29 is 42.2 Å². The lowest BCUT2D eigenvalue weighted by Crippen LogP contribution is -2.55. The summed E-state index contributed by atoms with van der Waals surface area (Å²) in [6.07, 6.45) is 4.99. The van der Waals surface area contributed by atoms with Crippen LogP contribution in [0.3, 0.4) is 0 Å². The first-order valence-corrected chi connectivity index (χ1v) is 15.9. The summed E-state index contributed by atoms with van der Waals surface area (Å²) in [6, 6.07) is 6.91. The first kappa shape index (κ1) is 35.1. The van der Waals surface area contributed by atoms with Crippen LogP contribution in [0.15, 0.2) is 34.9 Å². The molecule has 0 spiro atoms. The van der Waals surface area contributed by atoms with Crippen LogP contribution < -0.4 is 20.7 Å². The Bertz CT molecular complexity index is 1330. The third-order valence-corrected chi connectivity index (χ3v) is 8.52. The number of epoxide rings is 1. The van der Waals surface area contributed by atoms with Crippen molar-refractivity contribution in [3.63, 3.8) is 0 Å². The molecule has 0 unspecified atom stereocenters. The number of carbonyl (C=O) groups excluding carboxylic acids is 4. The van der Waals surface area contributed by atoms with Crippen molar-refractivity contribution in [2.75, 3.05) is 53.6 Å². The van der Waals surface area contributed by atoms with Crippen molar-refractivity contribution in [2.45, 2.75) is 70.1 Å². The number of nitrogens with one attached hydrogen (secondary N) is 3. The molecule has 3 N–H and O–H groups in total. The molecule has 3 atom stereocenters. The van der Waals surface area contributed by atoms with Crippen molar-refractivity contribution >= 4 is 23.5 Å². The number of Topliss-reactive ketones (excluding diaryl/α,β-unsaturated/α-hetero) is 1. The second-order valence-corrected chi connectivity index (χ2v) is 12.4. The number of ether oxygens (including phenoxy) is 3. The molecular formula is C33H53N5O8. The predicted molar refractivity (Wildman–Crippen MR) is 175 cm³/mol. The van der Waals surface area contributed by atoms with Gasteiger partial charge in [-0.25, -0.2) is 0 Å². The minimum Gasteiger partial charge on any atom is -0.497 e. The third kappa shape index (κ3) is 10.6. The van der Waals surface area contributed by atoms with Gasteiger partial charge >= 0.3 is 0 Å². The first-order valence-electron chi connectivity index (χ1n) is 15.9. The Kier molecular flexibility index (Phi) is 12.7. The number of aryl methyl sites for hydroxylation is 1. The van der Waals surface area contributed by atoms with E-state index in [1.807, 2.05) is 0 Å². The fourth-order valence-corrected chi connectivity index (χ4v) is 5.53. The van der Waals surface area contributed by atoms with Gasteiger partial charge in [0.15, 0.2) is 5.78 Å². The number of hydrogen-bond acceptors (Lipinski definition) is 10. The number of rotatable bonds is 13. The number of morpholine rings is 1. The second kappa shape index (κ2) is 16.7. The SMILES string of the molecule is CN1CCOCC1.COc1ccc(C[C@H](NC(=O)CNC(=O)c2cc(C)no2)C(=O)N[C@@H](CC2CCCC2)C(=O)[C@@]2(C)CO2)cc1.[HH].[HH].[HH]. The van der Waals surface area contributed by atoms with E-state index in [-0.39, 0.29) is 28.8 Å². The molecule has 1 saturated carbocycles. The van der Waals surface area contributed by atoms with Gasteiger partial charge < -0.3 is 39.6 Å². The van der Waals surface area contributed by atoms with Gasteiger partial charge in [0.1, 0.15) is 17.4 Å². The lowest BCUT2D eigenvalue weighted by molar-refractivity contribution is -0.133. The molecule has 5 rings (SSSR count). The van der Waals surface area contributed by atoms with Gasteiger partial charge in [-0.3, -0.25) is 19.2 Å². The summed E-state index contributed by atoms with van der Waals surface area (Å²) in [4.78, 5) is 54.1. The van der Waals surface area contributed by atoms with Gasteiger partial charge in [0.05, 0.1) is 45.2 Å². The van der Waals surface area contributed by atoms with E-state index in [4.69, 9.17) is 18.7 Å². The molecule has 0 radical (unpaired) electrons. The number of ketones is 1. The van der Waals surface area contributed by atoms with E-state index in [1.54, 1.807) is 45.2 Å². The number of carbonyl (C=O) groups is 4. The predicted octanol–water partition coefficient (Wildman–Crippen LogP) is 2.56. The summed E-state index contributed by atoms with van der Waals surface area (Å²) >= 11 is 0. The van der Waals surface area contributed by atoms with Crippen molar-refractivity contribution in [2.24, 2.45) is 5.92 Å². The van der Waals surface area contributed by atoms with Gasteiger partial charge in [0.2, 0.25) is 17.6 Å². The highest BCUT2D eigenvalue weighted by Gasteiger charge is 2.50. The molecule has 258 valence electrons. The van der Waals surface area contributed by atoms with Crippen molar-refractivity contribution in [3.8, 4) is 5.75 Å². The molecular weight excluding hydrogens is 594 g/mol. The second-order valence-electron chi connectivity index (χ2n) is 12.4. The van der Waals surface area contributed by atoms with Crippen LogP contribution in [0, 0.1) is 12.8 Å². The fraction of sp³-hybridized carbons (Fsp3) is 0.606. The average molecular weight is 648 g/mol. The van der Waals surface area contributed by atoms with Crippen LogP contribution in [0.25, 0.3) is 0 Å². The number of likely N-dealkylation sites (N-methyl/N-ethyl adjacent to an activating group) is 1. The topological polar surface area (TPSA) is 165 Å². The molecule has 2 saturated heterocycles. The van der Waals surface area contributed by atoms with Crippen molar-refractivity contribution in [3.05, 3.63) is 47.3 Å². The van der Waals surface area contributed by atoms with Gasteiger partial charge in [-0.05, 0) is 50.9 Å². The van der Waals surface area contributed by atoms with Crippen LogP contribution >= 0.6 is 0 Å². The molecule has 13 nitrogen and oxygen atoms in total. The summed E-state index contributed by atoms with van der Waals surface area (Å²) in [5.41, 5.74) is 0.441. The molecule has 1 aromatic carbocycles. The first-order chi connectivity index (χ1) is 22.1. The lowest BCUT2D eigenvalue weighted by atomic mass is 9.90. The van der Waals surface area contributed by atoms with E-state index in [0.717, 1.165) is 57.6 Å². The zero-order valence-electron chi connectivity index (χ0n) is 27.3. The number of benzene rings is 1. The van der Waals surface area contributed by atoms with Crippen LogP contribution in [-0.4, -0.2) is 105 Å². The maximum absolute atomic E-state index is 13.6. The van der Waals surface area contributed by atoms with Crippen molar-refractivity contribution in [1.29, 1.82) is 0 Å². The van der Waals surface area contributed by atoms with Gasteiger partial charge in [-0.2, -0.15) is 0 Å². The minimum absolute atomic E-state index is 0. The van der Waals surface area contributed by atoms with Gasteiger partial charge in [0.25, 0.3) is 5.91 Å². The summed E-state index contributed by atoms with van der Waals surface area (Å²) in [6.45, 7) is 7.39. The van der Waals surface area contributed by atoms with E-state index in [9.17, 15) is 19.2 Å². The normalized spacial score (nSPS) is 20.9. The van der Waals surface area contributed by atoms with Crippen LogP contribution in [0.1, 0.15) is 65.1 Å². The molecule has 3 heterocycles. The molecule has 1 aromatic heterocycles. The van der Waals surface area contributed by atoms with E-state index in [0.29, 0.717) is 30.4 Å². The average Bonchev–Trinajstić information content (AvgIpc) is 3.38. The van der Waals surface area contributed by atoms with Crippen molar-refractivity contribution in [1.82, 2.24) is 26.0 Å². The molecule has 2 aliphatic heterocycles. The maximum atomic E-state index is 13.6. The van der Waals surface area contributed by atoms with E-state index in [2.05, 4.69) is 33.1 Å². The van der Waals surface area contributed by atoms with Crippen LogP contribution in [-0.2, 0) is 30.3 Å². The number of aromatic nitrogens is 1. The Morgan fingerprint density at radius 2 is 1.76 bits per heavy atom. The van der Waals surface area contributed by atoms with Crippen LogP contribution in [0.4, 0.5) is 0 Å². The fourth-order valence-electron chi connectivity index (χ4n) is 5.53. The Labute approximate surface area is 274 Å². The molecule has 2 aromatic rings. The molecule has 13 heteroatoms. The number of nitrogens with zero attached hydrogens (tertiary/aromatic N) is 2. The molecule has 3 amide bonds. The Hall–Kier alpha value is -3.81. The number of methoxy groups -OCH3 is 1. The zero-order valence-corrected chi connectivity index (χ0v) is 27.3. The molecule has 46 heavy (non-hydrogen) atoms. The Balaban J connectivity index is 0.00000107. The largest absolute Gasteiger partial charge is 0.497 e. The molecule has 1 aliphatic carbocycles. The molecule has 3 aliphatic rings. The Morgan fingerprint density at radius 3 is 2.30 bits per heavy atom. The van der Waals surface area contributed by atoms with Crippen LogP contribution in [0.5, 0.6) is 5.75 Å². The number of amides is 3. The summed E-state index contributed by atoms with van der Waals surface area (Å²) in [7, 11) is 3.67. The van der Waals surface area contributed by atoms with E-state index in [1.165, 1.54) is 6.07 Å².